The fourth-order valence-corrected chi connectivity index (χ4v) is 2.97. The normalized spacial score (nSPS) is 14.7. The van der Waals surface area contributed by atoms with E-state index in [-0.39, 0.29) is 5.92 Å². The summed E-state index contributed by atoms with van der Waals surface area (Å²) in [5, 5.41) is 11.9. The predicted molar refractivity (Wildman–Crippen MR) is 73.6 cm³/mol. The van der Waals surface area contributed by atoms with E-state index >= 15 is 0 Å². The highest BCUT2D eigenvalue weighted by Crippen LogP contribution is 2.24. The Kier molecular flexibility index (Phi) is 4.32. The molecule has 0 radical (unpaired) electrons. The van der Waals surface area contributed by atoms with Crippen LogP contribution in [0, 0.1) is 6.92 Å². The third kappa shape index (κ3) is 2.65. The van der Waals surface area contributed by atoms with Gasteiger partial charge in [0.25, 0.3) is 0 Å². The van der Waals surface area contributed by atoms with Crippen LogP contribution in [-0.2, 0) is 17.3 Å². The first-order valence-corrected chi connectivity index (χ1v) is 7.80. The molecule has 0 aromatic carbocycles. The molecule has 2 heterocycles. The summed E-state index contributed by atoms with van der Waals surface area (Å²) in [7, 11) is -1.38. The second kappa shape index (κ2) is 5.82. The highest BCUT2D eigenvalue weighted by molar-refractivity contribution is 7.85. The number of aryl methyl sites for hydroxylation is 1. The van der Waals surface area contributed by atoms with E-state index in [1.165, 1.54) is 0 Å². The van der Waals surface area contributed by atoms with Gasteiger partial charge in [-0.3, -0.25) is 4.21 Å². The van der Waals surface area contributed by atoms with Crippen molar-refractivity contribution < 1.29 is 8.73 Å². The molecular weight excluding hydrogens is 278 g/mol. The summed E-state index contributed by atoms with van der Waals surface area (Å²) in [6.07, 6.45) is 0. The SMILES string of the molecule is CCn1c(C)nnc1[S@@](=O)[C@@H](C)c1nc(C(C)C)no1. The van der Waals surface area contributed by atoms with Crippen LogP contribution >= 0.6 is 0 Å². The van der Waals surface area contributed by atoms with Crippen molar-refractivity contribution in [2.45, 2.75) is 57.5 Å². The van der Waals surface area contributed by atoms with Crippen molar-refractivity contribution in [3.63, 3.8) is 0 Å². The first kappa shape index (κ1) is 14.8. The third-order valence-electron chi connectivity index (χ3n) is 3.04. The highest BCUT2D eigenvalue weighted by Gasteiger charge is 2.26. The molecule has 2 rings (SSSR count). The average Bonchev–Trinajstić information content (AvgIpc) is 3.03. The standard InChI is InChI=1S/C12H19N5O2S/c1-6-17-9(5)14-15-12(17)20(18)8(4)11-13-10(7(2)3)16-19-11/h7-8H,6H2,1-5H3/t8-,20-/m0/s1. The lowest BCUT2D eigenvalue weighted by atomic mass is 10.2. The van der Waals surface area contributed by atoms with Crippen molar-refractivity contribution in [1.29, 1.82) is 0 Å². The molecule has 2 atom stereocenters. The van der Waals surface area contributed by atoms with Crippen molar-refractivity contribution in [2.24, 2.45) is 0 Å². The lowest BCUT2D eigenvalue weighted by Crippen LogP contribution is -2.11. The van der Waals surface area contributed by atoms with Crippen LogP contribution in [0.3, 0.4) is 0 Å². The van der Waals surface area contributed by atoms with E-state index in [1.807, 2.05) is 32.3 Å². The van der Waals surface area contributed by atoms with Gasteiger partial charge in [-0.2, -0.15) is 4.98 Å². The molecule has 0 spiro atoms. The Morgan fingerprint density at radius 2 is 2.00 bits per heavy atom. The van der Waals surface area contributed by atoms with Crippen LogP contribution in [0.15, 0.2) is 9.68 Å². The molecule has 0 unspecified atom stereocenters. The van der Waals surface area contributed by atoms with Crippen molar-refractivity contribution in [1.82, 2.24) is 24.9 Å². The van der Waals surface area contributed by atoms with E-state index in [0.717, 1.165) is 5.82 Å². The summed E-state index contributed by atoms with van der Waals surface area (Å²) in [5.74, 6) is 1.92. The lowest BCUT2D eigenvalue weighted by Gasteiger charge is -2.08. The monoisotopic (exact) mass is 297 g/mol. The Balaban J connectivity index is 2.27. The smallest absolute Gasteiger partial charge is 0.242 e. The molecule has 0 N–H and O–H groups in total. The van der Waals surface area contributed by atoms with Crippen LogP contribution in [0.25, 0.3) is 0 Å². The van der Waals surface area contributed by atoms with Gasteiger partial charge in [-0.1, -0.05) is 19.0 Å². The second-order valence-corrected chi connectivity index (χ2v) is 6.53. The van der Waals surface area contributed by atoms with E-state index in [2.05, 4.69) is 20.3 Å². The summed E-state index contributed by atoms with van der Waals surface area (Å²) in [6.45, 7) is 10.2. The molecule has 7 nitrogen and oxygen atoms in total. The summed E-state index contributed by atoms with van der Waals surface area (Å²) in [5.41, 5.74) is 0. The maximum atomic E-state index is 12.6. The second-order valence-electron chi connectivity index (χ2n) is 4.86. The van der Waals surface area contributed by atoms with Crippen LogP contribution in [0.5, 0.6) is 0 Å². The van der Waals surface area contributed by atoms with E-state index in [0.29, 0.717) is 23.4 Å². The first-order valence-electron chi connectivity index (χ1n) is 6.59. The Hall–Kier alpha value is -1.57. The van der Waals surface area contributed by atoms with Gasteiger partial charge in [0.15, 0.2) is 5.82 Å². The van der Waals surface area contributed by atoms with Crippen LogP contribution in [-0.4, -0.2) is 29.1 Å². The van der Waals surface area contributed by atoms with Gasteiger partial charge < -0.3 is 9.09 Å². The molecule has 0 saturated carbocycles. The van der Waals surface area contributed by atoms with Crippen molar-refractivity contribution in [3.05, 3.63) is 17.5 Å². The quantitative estimate of drug-likeness (QED) is 0.838. The van der Waals surface area contributed by atoms with E-state index < -0.39 is 16.0 Å². The zero-order valence-corrected chi connectivity index (χ0v) is 13.1. The van der Waals surface area contributed by atoms with Crippen molar-refractivity contribution >= 4 is 10.8 Å². The predicted octanol–water partition coefficient (Wildman–Crippen LogP) is 1.98. The molecular formula is C12H19N5O2S. The maximum absolute atomic E-state index is 12.6. The van der Waals surface area contributed by atoms with Gasteiger partial charge in [-0.25, -0.2) is 0 Å². The maximum Gasteiger partial charge on any atom is 0.242 e. The van der Waals surface area contributed by atoms with Gasteiger partial charge in [0.1, 0.15) is 21.9 Å². The first-order chi connectivity index (χ1) is 9.45. The van der Waals surface area contributed by atoms with Gasteiger partial charge >= 0.3 is 0 Å². The number of nitrogens with zero attached hydrogens (tertiary/aromatic N) is 5. The van der Waals surface area contributed by atoms with Crippen LogP contribution in [0.4, 0.5) is 0 Å². The van der Waals surface area contributed by atoms with E-state index in [4.69, 9.17) is 4.52 Å². The summed E-state index contributed by atoms with van der Waals surface area (Å²) < 4.78 is 19.6. The van der Waals surface area contributed by atoms with Gasteiger partial charge in [0.2, 0.25) is 11.0 Å². The van der Waals surface area contributed by atoms with Crippen LogP contribution in [0.1, 0.15) is 56.4 Å². The molecule has 0 fully saturated rings. The Bertz CT molecular complexity index is 619. The van der Waals surface area contributed by atoms with Gasteiger partial charge in [-0.05, 0) is 20.8 Å². The lowest BCUT2D eigenvalue weighted by molar-refractivity contribution is 0.371. The largest absolute Gasteiger partial charge is 0.338 e. The Morgan fingerprint density at radius 1 is 1.30 bits per heavy atom. The topological polar surface area (TPSA) is 86.7 Å². The third-order valence-corrected chi connectivity index (χ3v) is 4.55. The van der Waals surface area contributed by atoms with E-state index in [1.54, 1.807) is 6.92 Å². The molecule has 0 amide bonds. The zero-order valence-electron chi connectivity index (χ0n) is 12.3. The minimum Gasteiger partial charge on any atom is -0.338 e. The number of aromatic nitrogens is 5. The summed E-state index contributed by atoms with van der Waals surface area (Å²) in [6, 6.07) is 0. The molecule has 0 aliphatic rings. The molecule has 2 aromatic rings. The molecule has 8 heteroatoms. The van der Waals surface area contributed by atoms with Gasteiger partial charge in [-0.15, -0.1) is 10.2 Å². The van der Waals surface area contributed by atoms with E-state index in [9.17, 15) is 4.21 Å². The minimum absolute atomic E-state index is 0.176. The number of hydrogen-bond donors (Lipinski definition) is 0. The molecule has 20 heavy (non-hydrogen) atoms. The fourth-order valence-electron chi connectivity index (χ4n) is 1.77. The molecule has 0 aliphatic heterocycles. The van der Waals surface area contributed by atoms with Gasteiger partial charge in [0, 0.05) is 12.5 Å². The number of rotatable bonds is 5. The van der Waals surface area contributed by atoms with Crippen molar-refractivity contribution in [2.75, 3.05) is 0 Å². The average molecular weight is 297 g/mol. The summed E-state index contributed by atoms with van der Waals surface area (Å²) in [4.78, 5) is 4.29. The molecule has 0 saturated heterocycles. The zero-order chi connectivity index (χ0) is 14.9. The summed E-state index contributed by atoms with van der Waals surface area (Å²) >= 11 is 0. The molecule has 2 aromatic heterocycles. The highest BCUT2D eigenvalue weighted by atomic mass is 32.2. The molecule has 0 aliphatic carbocycles. The number of hydrogen-bond acceptors (Lipinski definition) is 6. The molecule has 0 bridgehead atoms. The fraction of sp³-hybridized carbons (Fsp3) is 0.667. The Morgan fingerprint density at radius 3 is 2.55 bits per heavy atom. The van der Waals surface area contributed by atoms with Crippen LogP contribution in [0.2, 0.25) is 0 Å². The van der Waals surface area contributed by atoms with Gasteiger partial charge in [0.05, 0.1) is 0 Å². The minimum atomic E-state index is -1.38. The molecule has 110 valence electrons. The van der Waals surface area contributed by atoms with Crippen LogP contribution < -0.4 is 0 Å². The van der Waals surface area contributed by atoms with Crippen molar-refractivity contribution in [3.8, 4) is 0 Å². The Labute approximate surface area is 120 Å².